The van der Waals surface area contributed by atoms with Crippen LogP contribution in [0.3, 0.4) is 0 Å². The second-order valence-corrected chi connectivity index (χ2v) is 6.87. The van der Waals surface area contributed by atoms with Crippen molar-refractivity contribution in [2.45, 2.75) is 26.8 Å². The van der Waals surface area contributed by atoms with E-state index < -0.39 is 0 Å². The molecular formula is C18H26N4O. The minimum absolute atomic E-state index is 0.0455. The second kappa shape index (κ2) is 6.81. The molecule has 0 unspecified atom stereocenters. The first-order valence-electron chi connectivity index (χ1n) is 8.50. The van der Waals surface area contributed by atoms with Gasteiger partial charge < -0.3 is 9.88 Å². The standard InChI is InChI=1S/C18H26N4O/c1-13(2)12-21-8-10-22(11-9-21)14(3)17-19-16-7-5-4-6-15(16)18(23)20-17/h4-7,13-14H,8-12H2,1-3H3,(H,19,20,23)/t14-/m1/s1. The summed E-state index contributed by atoms with van der Waals surface area (Å²) in [5.74, 6) is 1.48. The van der Waals surface area contributed by atoms with Gasteiger partial charge in [0.2, 0.25) is 0 Å². The van der Waals surface area contributed by atoms with Crippen molar-refractivity contribution in [1.29, 1.82) is 0 Å². The fourth-order valence-corrected chi connectivity index (χ4v) is 3.32. The topological polar surface area (TPSA) is 52.2 Å². The van der Waals surface area contributed by atoms with Crippen LogP contribution in [-0.2, 0) is 0 Å². The Labute approximate surface area is 137 Å². The largest absolute Gasteiger partial charge is 0.309 e. The van der Waals surface area contributed by atoms with Gasteiger partial charge in [0.25, 0.3) is 5.56 Å². The molecule has 1 aliphatic rings. The van der Waals surface area contributed by atoms with E-state index in [1.165, 1.54) is 0 Å². The molecule has 2 aromatic rings. The van der Waals surface area contributed by atoms with Crippen LogP contribution in [0.5, 0.6) is 0 Å². The number of H-pyrrole nitrogens is 1. The summed E-state index contributed by atoms with van der Waals surface area (Å²) in [7, 11) is 0. The first-order chi connectivity index (χ1) is 11.0. The summed E-state index contributed by atoms with van der Waals surface area (Å²) in [4.78, 5) is 24.8. The maximum Gasteiger partial charge on any atom is 0.258 e. The minimum atomic E-state index is -0.0455. The van der Waals surface area contributed by atoms with E-state index in [1.54, 1.807) is 0 Å². The molecule has 3 rings (SSSR count). The number of hydrogen-bond acceptors (Lipinski definition) is 4. The fraction of sp³-hybridized carbons (Fsp3) is 0.556. The van der Waals surface area contributed by atoms with Crippen molar-refractivity contribution in [2.75, 3.05) is 32.7 Å². The number of nitrogens with one attached hydrogen (secondary N) is 1. The summed E-state index contributed by atoms with van der Waals surface area (Å²) in [6.45, 7) is 12.0. The zero-order chi connectivity index (χ0) is 16.4. The number of hydrogen-bond donors (Lipinski definition) is 1. The lowest BCUT2D eigenvalue weighted by Gasteiger charge is -2.38. The number of aromatic amines is 1. The highest BCUT2D eigenvalue weighted by atomic mass is 16.1. The Morgan fingerprint density at radius 2 is 1.83 bits per heavy atom. The van der Waals surface area contributed by atoms with E-state index in [9.17, 15) is 4.79 Å². The number of nitrogens with zero attached hydrogens (tertiary/aromatic N) is 3. The van der Waals surface area contributed by atoms with Crippen molar-refractivity contribution >= 4 is 10.9 Å². The molecule has 1 N–H and O–H groups in total. The third-order valence-corrected chi connectivity index (χ3v) is 4.60. The van der Waals surface area contributed by atoms with E-state index in [1.807, 2.05) is 24.3 Å². The second-order valence-electron chi connectivity index (χ2n) is 6.87. The first-order valence-corrected chi connectivity index (χ1v) is 8.50. The predicted octanol–water partition coefficient (Wildman–Crippen LogP) is 2.26. The summed E-state index contributed by atoms with van der Waals surface area (Å²) < 4.78 is 0. The van der Waals surface area contributed by atoms with Crippen LogP contribution in [0.25, 0.3) is 10.9 Å². The molecule has 0 saturated carbocycles. The molecular weight excluding hydrogens is 288 g/mol. The highest BCUT2D eigenvalue weighted by Gasteiger charge is 2.24. The van der Waals surface area contributed by atoms with Gasteiger partial charge in [0.15, 0.2) is 0 Å². The van der Waals surface area contributed by atoms with Gasteiger partial charge in [-0.3, -0.25) is 9.69 Å². The molecule has 1 atom stereocenters. The lowest BCUT2D eigenvalue weighted by molar-refractivity contribution is 0.0918. The van der Waals surface area contributed by atoms with Crippen molar-refractivity contribution in [3.63, 3.8) is 0 Å². The summed E-state index contributed by atoms with van der Waals surface area (Å²) >= 11 is 0. The average Bonchev–Trinajstić information content (AvgIpc) is 2.54. The van der Waals surface area contributed by atoms with E-state index >= 15 is 0 Å². The quantitative estimate of drug-likeness (QED) is 0.940. The van der Waals surface area contributed by atoms with Crippen molar-refractivity contribution < 1.29 is 0 Å². The van der Waals surface area contributed by atoms with Crippen molar-refractivity contribution in [3.05, 3.63) is 40.4 Å². The highest BCUT2D eigenvalue weighted by molar-refractivity contribution is 5.77. The summed E-state index contributed by atoms with van der Waals surface area (Å²) in [6.07, 6.45) is 0. The predicted molar refractivity (Wildman–Crippen MR) is 93.6 cm³/mol. The first kappa shape index (κ1) is 16.1. The zero-order valence-electron chi connectivity index (χ0n) is 14.2. The molecule has 1 aliphatic heterocycles. The van der Waals surface area contributed by atoms with Gasteiger partial charge in [-0.25, -0.2) is 4.98 Å². The van der Waals surface area contributed by atoms with Crippen molar-refractivity contribution in [1.82, 2.24) is 19.8 Å². The molecule has 1 aromatic heterocycles. The van der Waals surface area contributed by atoms with Crippen molar-refractivity contribution in [2.24, 2.45) is 5.92 Å². The van der Waals surface area contributed by atoms with Crippen LogP contribution in [0, 0.1) is 5.92 Å². The third kappa shape index (κ3) is 3.62. The van der Waals surface area contributed by atoms with Crippen molar-refractivity contribution in [3.8, 4) is 0 Å². The van der Waals surface area contributed by atoms with Crippen LogP contribution in [0.2, 0.25) is 0 Å². The molecule has 23 heavy (non-hydrogen) atoms. The molecule has 0 spiro atoms. The number of aromatic nitrogens is 2. The smallest absolute Gasteiger partial charge is 0.258 e. The summed E-state index contributed by atoms with van der Waals surface area (Å²) in [6, 6.07) is 7.65. The molecule has 1 aromatic carbocycles. The Morgan fingerprint density at radius 1 is 1.13 bits per heavy atom. The van der Waals surface area contributed by atoms with Crippen LogP contribution in [0.15, 0.2) is 29.1 Å². The van der Waals surface area contributed by atoms with E-state index in [0.29, 0.717) is 11.3 Å². The van der Waals surface area contributed by atoms with Crippen LogP contribution >= 0.6 is 0 Å². The highest BCUT2D eigenvalue weighted by Crippen LogP contribution is 2.19. The van der Waals surface area contributed by atoms with Gasteiger partial charge in [-0.1, -0.05) is 26.0 Å². The lowest BCUT2D eigenvalue weighted by Crippen LogP contribution is -2.48. The Balaban J connectivity index is 1.74. The Morgan fingerprint density at radius 3 is 2.52 bits per heavy atom. The summed E-state index contributed by atoms with van der Waals surface area (Å²) in [5, 5.41) is 0.658. The molecule has 124 valence electrons. The molecule has 2 heterocycles. The normalized spacial score (nSPS) is 18.6. The molecule has 0 amide bonds. The lowest BCUT2D eigenvalue weighted by atomic mass is 10.1. The minimum Gasteiger partial charge on any atom is -0.309 e. The van der Waals surface area contributed by atoms with Gasteiger partial charge >= 0.3 is 0 Å². The third-order valence-electron chi connectivity index (χ3n) is 4.60. The fourth-order valence-electron chi connectivity index (χ4n) is 3.32. The number of fused-ring (bicyclic) bond motifs is 1. The number of rotatable bonds is 4. The van der Waals surface area contributed by atoms with Gasteiger partial charge in [0.05, 0.1) is 16.9 Å². The molecule has 1 saturated heterocycles. The van der Waals surface area contributed by atoms with E-state index in [-0.39, 0.29) is 11.6 Å². The number of benzene rings is 1. The Hall–Kier alpha value is -1.72. The van der Waals surface area contributed by atoms with Crippen LogP contribution in [0.4, 0.5) is 0 Å². The number of para-hydroxylation sites is 1. The monoisotopic (exact) mass is 314 g/mol. The Kier molecular flexibility index (Phi) is 4.78. The molecule has 0 radical (unpaired) electrons. The molecule has 0 bridgehead atoms. The maximum atomic E-state index is 12.2. The Bertz CT molecular complexity index is 716. The zero-order valence-corrected chi connectivity index (χ0v) is 14.2. The maximum absolute atomic E-state index is 12.2. The van der Waals surface area contributed by atoms with Gasteiger partial charge in [-0.15, -0.1) is 0 Å². The molecule has 5 heteroatoms. The van der Waals surface area contributed by atoms with E-state index in [2.05, 4.69) is 40.5 Å². The van der Waals surface area contributed by atoms with E-state index in [4.69, 9.17) is 0 Å². The van der Waals surface area contributed by atoms with Crippen LogP contribution in [-0.4, -0.2) is 52.5 Å². The van der Waals surface area contributed by atoms with Gasteiger partial charge in [-0.2, -0.15) is 0 Å². The average molecular weight is 314 g/mol. The van der Waals surface area contributed by atoms with E-state index in [0.717, 1.165) is 44.1 Å². The van der Waals surface area contributed by atoms with Gasteiger partial charge in [-0.05, 0) is 25.0 Å². The van der Waals surface area contributed by atoms with Gasteiger partial charge in [0, 0.05) is 32.7 Å². The summed E-state index contributed by atoms with van der Waals surface area (Å²) in [5.41, 5.74) is 0.729. The molecule has 0 aliphatic carbocycles. The number of piperazine rings is 1. The SMILES string of the molecule is CC(C)CN1CCN([C@H](C)c2nc3ccccc3c(=O)[nH]2)CC1. The molecule has 5 nitrogen and oxygen atoms in total. The molecule has 1 fully saturated rings. The van der Waals surface area contributed by atoms with Crippen LogP contribution in [0.1, 0.15) is 32.6 Å². The van der Waals surface area contributed by atoms with Crippen LogP contribution < -0.4 is 5.56 Å². The van der Waals surface area contributed by atoms with Gasteiger partial charge in [0.1, 0.15) is 5.82 Å².